The molecule has 162 valence electrons. The topological polar surface area (TPSA) is 47.6 Å². The first-order valence-corrected chi connectivity index (χ1v) is 10.9. The Balaban J connectivity index is 1.62. The highest BCUT2D eigenvalue weighted by atomic mass is 19.1. The van der Waals surface area contributed by atoms with E-state index in [9.17, 15) is 13.6 Å². The summed E-state index contributed by atoms with van der Waals surface area (Å²) in [4.78, 5) is 17.5. The molecule has 0 spiro atoms. The van der Waals surface area contributed by atoms with Crippen LogP contribution >= 0.6 is 0 Å². The summed E-state index contributed by atoms with van der Waals surface area (Å²) in [5.74, 6) is -0.766. The van der Waals surface area contributed by atoms with E-state index in [4.69, 9.17) is 0 Å². The third-order valence-electron chi connectivity index (χ3n) is 6.15. The van der Waals surface area contributed by atoms with Gasteiger partial charge in [0.15, 0.2) is 0 Å². The van der Waals surface area contributed by atoms with Crippen LogP contribution in [0.2, 0.25) is 0 Å². The van der Waals surface area contributed by atoms with Crippen LogP contribution in [0.3, 0.4) is 0 Å². The Labute approximate surface area is 172 Å². The number of hydrogen-bond acceptors (Lipinski definition) is 4. The Kier molecular flexibility index (Phi) is 7.98. The second-order valence-electron chi connectivity index (χ2n) is 8.23. The largest absolute Gasteiger partial charge is 0.355 e. The van der Waals surface area contributed by atoms with E-state index in [1.54, 1.807) is 0 Å². The van der Waals surface area contributed by atoms with Crippen LogP contribution in [0.1, 0.15) is 45.1 Å². The molecule has 0 aromatic heterocycles. The molecule has 3 rings (SSSR count). The van der Waals surface area contributed by atoms with Gasteiger partial charge in [-0.3, -0.25) is 9.69 Å². The summed E-state index contributed by atoms with van der Waals surface area (Å²) >= 11 is 0. The normalized spacial score (nSPS) is 24.1. The van der Waals surface area contributed by atoms with Crippen molar-refractivity contribution in [1.29, 1.82) is 0 Å². The lowest BCUT2D eigenvalue weighted by Crippen LogP contribution is -2.51. The van der Waals surface area contributed by atoms with E-state index in [0.29, 0.717) is 24.6 Å². The maximum absolute atomic E-state index is 13.9. The van der Waals surface area contributed by atoms with E-state index in [2.05, 4.69) is 27.4 Å². The molecule has 0 radical (unpaired) electrons. The third kappa shape index (κ3) is 5.74. The van der Waals surface area contributed by atoms with Crippen LogP contribution in [0.25, 0.3) is 0 Å². The van der Waals surface area contributed by atoms with Crippen LogP contribution in [0.15, 0.2) is 18.2 Å². The van der Waals surface area contributed by atoms with Crippen molar-refractivity contribution in [3.8, 4) is 0 Å². The van der Waals surface area contributed by atoms with E-state index in [-0.39, 0.29) is 24.5 Å². The molecule has 2 aliphatic heterocycles. The number of nitrogens with zero attached hydrogens (tertiary/aromatic N) is 2. The SMILES string of the molecule is CCCN1CCC(N2C[C@H](NCc3cc(F)ccc3F)C[C@H]2C(=O)NCC)CC1. The first-order chi connectivity index (χ1) is 14.0. The van der Waals surface area contributed by atoms with Crippen molar-refractivity contribution in [3.05, 3.63) is 35.4 Å². The summed E-state index contributed by atoms with van der Waals surface area (Å²) in [5, 5.41) is 6.32. The maximum atomic E-state index is 13.9. The number of nitrogens with one attached hydrogen (secondary N) is 2. The van der Waals surface area contributed by atoms with E-state index in [1.807, 2.05) is 6.92 Å². The van der Waals surface area contributed by atoms with Gasteiger partial charge >= 0.3 is 0 Å². The van der Waals surface area contributed by atoms with Gasteiger partial charge in [-0.05, 0) is 70.4 Å². The van der Waals surface area contributed by atoms with E-state index in [1.165, 1.54) is 12.5 Å². The minimum Gasteiger partial charge on any atom is -0.355 e. The number of likely N-dealkylation sites (N-methyl/N-ethyl adjacent to an activating group) is 1. The van der Waals surface area contributed by atoms with Crippen LogP contribution in [0.5, 0.6) is 0 Å². The second kappa shape index (κ2) is 10.5. The zero-order valence-electron chi connectivity index (χ0n) is 17.6. The first-order valence-electron chi connectivity index (χ1n) is 10.9. The zero-order valence-corrected chi connectivity index (χ0v) is 17.6. The van der Waals surface area contributed by atoms with Gasteiger partial charge in [0.05, 0.1) is 6.04 Å². The molecule has 1 aromatic carbocycles. The fraction of sp³-hybridized carbons (Fsp3) is 0.682. The summed E-state index contributed by atoms with van der Waals surface area (Å²) in [7, 11) is 0. The highest BCUT2D eigenvalue weighted by molar-refractivity contribution is 5.82. The molecule has 2 fully saturated rings. The number of halogens is 2. The monoisotopic (exact) mass is 408 g/mol. The minimum atomic E-state index is -0.435. The number of rotatable bonds is 8. The summed E-state index contributed by atoms with van der Waals surface area (Å²) in [6.45, 7) is 9.06. The van der Waals surface area contributed by atoms with Gasteiger partial charge in [0.25, 0.3) is 0 Å². The van der Waals surface area contributed by atoms with Gasteiger partial charge in [0, 0.05) is 37.3 Å². The number of likely N-dealkylation sites (tertiary alicyclic amines) is 2. The molecule has 0 aliphatic carbocycles. The lowest BCUT2D eigenvalue weighted by molar-refractivity contribution is -0.126. The standard InChI is InChI=1S/C22H34F2N4O/c1-3-9-27-10-7-19(8-11-27)28-15-18(13-21(28)22(29)25-4-2)26-14-16-12-17(23)5-6-20(16)24/h5-6,12,18-19,21,26H,3-4,7-11,13-15H2,1-2H3,(H,25,29)/t18-,21+/m1/s1. The third-order valence-corrected chi connectivity index (χ3v) is 6.15. The lowest BCUT2D eigenvalue weighted by Gasteiger charge is -2.38. The van der Waals surface area contributed by atoms with Gasteiger partial charge in [0.2, 0.25) is 5.91 Å². The molecule has 2 atom stereocenters. The fourth-order valence-corrected chi connectivity index (χ4v) is 4.69. The van der Waals surface area contributed by atoms with Gasteiger partial charge in [-0.25, -0.2) is 8.78 Å². The van der Waals surface area contributed by atoms with Crippen molar-refractivity contribution in [1.82, 2.24) is 20.4 Å². The number of benzene rings is 1. The molecule has 2 N–H and O–H groups in total. The van der Waals surface area contributed by atoms with E-state index < -0.39 is 11.6 Å². The van der Waals surface area contributed by atoms with Gasteiger partial charge in [-0.15, -0.1) is 0 Å². The molecule has 0 unspecified atom stereocenters. The van der Waals surface area contributed by atoms with Gasteiger partial charge in [-0.1, -0.05) is 6.92 Å². The molecular weight excluding hydrogens is 374 g/mol. The Bertz CT molecular complexity index is 679. The molecule has 5 nitrogen and oxygen atoms in total. The van der Waals surface area contributed by atoms with Crippen molar-refractivity contribution in [2.24, 2.45) is 0 Å². The summed E-state index contributed by atoms with van der Waals surface area (Å²) in [5.41, 5.74) is 0.325. The van der Waals surface area contributed by atoms with Crippen LogP contribution < -0.4 is 10.6 Å². The zero-order chi connectivity index (χ0) is 20.8. The Morgan fingerprint density at radius 2 is 1.97 bits per heavy atom. The molecule has 0 saturated carbocycles. The lowest BCUT2D eigenvalue weighted by atomic mass is 10.0. The minimum absolute atomic E-state index is 0.0738. The molecule has 2 heterocycles. The van der Waals surface area contributed by atoms with E-state index in [0.717, 1.165) is 51.2 Å². The van der Waals surface area contributed by atoms with Crippen molar-refractivity contribution >= 4 is 5.91 Å². The predicted molar refractivity (Wildman–Crippen MR) is 111 cm³/mol. The molecule has 7 heteroatoms. The van der Waals surface area contributed by atoms with Crippen LogP contribution in [-0.2, 0) is 11.3 Å². The molecule has 0 bridgehead atoms. The van der Waals surface area contributed by atoms with Crippen molar-refractivity contribution in [2.75, 3.05) is 32.7 Å². The Morgan fingerprint density at radius 1 is 1.21 bits per heavy atom. The summed E-state index contributed by atoms with van der Waals surface area (Å²) in [6.07, 6.45) is 4.00. The molecule has 2 saturated heterocycles. The van der Waals surface area contributed by atoms with Crippen molar-refractivity contribution < 1.29 is 13.6 Å². The fourth-order valence-electron chi connectivity index (χ4n) is 4.69. The highest BCUT2D eigenvalue weighted by Gasteiger charge is 2.40. The van der Waals surface area contributed by atoms with Gasteiger partial charge in [-0.2, -0.15) is 0 Å². The number of piperidine rings is 1. The van der Waals surface area contributed by atoms with Gasteiger partial charge in [0.1, 0.15) is 11.6 Å². The second-order valence-corrected chi connectivity index (χ2v) is 8.23. The van der Waals surface area contributed by atoms with Crippen LogP contribution in [-0.4, -0.2) is 66.6 Å². The molecule has 1 aromatic rings. The molecule has 1 amide bonds. The Hall–Kier alpha value is -1.57. The average Bonchev–Trinajstić information content (AvgIpc) is 3.14. The van der Waals surface area contributed by atoms with Crippen molar-refractivity contribution in [3.63, 3.8) is 0 Å². The smallest absolute Gasteiger partial charge is 0.237 e. The maximum Gasteiger partial charge on any atom is 0.237 e. The molecule has 2 aliphatic rings. The first kappa shape index (κ1) is 22.1. The number of hydrogen-bond donors (Lipinski definition) is 2. The molecular formula is C22H34F2N4O. The Morgan fingerprint density at radius 3 is 2.66 bits per heavy atom. The summed E-state index contributed by atoms with van der Waals surface area (Å²) < 4.78 is 27.4. The van der Waals surface area contributed by atoms with Gasteiger partial charge < -0.3 is 15.5 Å². The highest BCUT2D eigenvalue weighted by Crippen LogP contribution is 2.27. The molecule has 29 heavy (non-hydrogen) atoms. The number of amides is 1. The average molecular weight is 409 g/mol. The predicted octanol–water partition coefficient (Wildman–Crippen LogP) is 2.51. The van der Waals surface area contributed by atoms with Crippen LogP contribution in [0.4, 0.5) is 8.78 Å². The van der Waals surface area contributed by atoms with Crippen LogP contribution in [0, 0.1) is 11.6 Å². The number of carbonyl (C=O) groups is 1. The summed E-state index contributed by atoms with van der Waals surface area (Å²) in [6, 6.07) is 3.85. The van der Waals surface area contributed by atoms with Crippen molar-refractivity contribution in [2.45, 2.75) is 64.2 Å². The quantitative estimate of drug-likeness (QED) is 0.694. The van der Waals surface area contributed by atoms with E-state index >= 15 is 0 Å². The number of carbonyl (C=O) groups excluding carboxylic acids is 1.